The summed E-state index contributed by atoms with van der Waals surface area (Å²) in [5, 5.41) is 0. The summed E-state index contributed by atoms with van der Waals surface area (Å²) in [6.45, 7) is 0. The number of rotatable bonds is 5. The first-order valence-electron chi connectivity index (χ1n) is 6.48. The van der Waals surface area contributed by atoms with E-state index in [1.807, 2.05) is 6.07 Å². The van der Waals surface area contributed by atoms with Crippen molar-refractivity contribution in [3.05, 3.63) is 35.6 Å². The maximum absolute atomic E-state index is 13.1. The van der Waals surface area contributed by atoms with Gasteiger partial charge in [-0.25, -0.2) is 4.39 Å². The first kappa shape index (κ1) is 12.5. The zero-order valence-electron chi connectivity index (χ0n) is 10.2. The van der Waals surface area contributed by atoms with E-state index in [4.69, 9.17) is 5.84 Å². The minimum absolute atomic E-state index is 0.167. The number of hydrogen-bond donors (Lipinski definition) is 2. The molecular weight excluding hydrogens is 215 g/mol. The number of halogens is 1. The van der Waals surface area contributed by atoms with Gasteiger partial charge >= 0.3 is 0 Å². The fourth-order valence-corrected chi connectivity index (χ4v) is 2.81. The van der Waals surface area contributed by atoms with Crippen LogP contribution in [0.1, 0.15) is 37.7 Å². The Morgan fingerprint density at radius 1 is 1.35 bits per heavy atom. The molecule has 1 aromatic carbocycles. The van der Waals surface area contributed by atoms with Crippen LogP contribution in [0.5, 0.6) is 0 Å². The zero-order valence-corrected chi connectivity index (χ0v) is 10.2. The Morgan fingerprint density at radius 3 is 2.76 bits per heavy atom. The van der Waals surface area contributed by atoms with E-state index >= 15 is 0 Å². The van der Waals surface area contributed by atoms with Crippen LogP contribution in [0.15, 0.2) is 24.3 Å². The van der Waals surface area contributed by atoms with Gasteiger partial charge in [0.25, 0.3) is 0 Å². The third-order valence-corrected chi connectivity index (χ3v) is 3.70. The maximum atomic E-state index is 13.1. The number of benzene rings is 1. The summed E-state index contributed by atoms with van der Waals surface area (Å²) in [5.74, 6) is 6.22. The molecule has 0 heterocycles. The lowest BCUT2D eigenvalue weighted by Crippen LogP contribution is -2.38. The molecule has 2 rings (SSSR count). The van der Waals surface area contributed by atoms with Crippen LogP contribution in [0.25, 0.3) is 0 Å². The van der Waals surface area contributed by atoms with Crippen molar-refractivity contribution in [3.63, 3.8) is 0 Å². The molecule has 17 heavy (non-hydrogen) atoms. The quantitative estimate of drug-likeness (QED) is 0.609. The molecule has 1 aromatic rings. The maximum Gasteiger partial charge on any atom is 0.123 e. The van der Waals surface area contributed by atoms with Crippen LogP contribution in [0.3, 0.4) is 0 Å². The Hall–Kier alpha value is -0.930. The van der Waals surface area contributed by atoms with Crippen molar-refractivity contribution in [2.75, 3.05) is 0 Å². The van der Waals surface area contributed by atoms with E-state index in [9.17, 15) is 4.39 Å². The Kier molecular flexibility index (Phi) is 4.51. The van der Waals surface area contributed by atoms with E-state index < -0.39 is 0 Å². The molecule has 0 bridgehead atoms. The highest BCUT2D eigenvalue weighted by molar-refractivity contribution is 5.17. The zero-order chi connectivity index (χ0) is 12.1. The van der Waals surface area contributed by atoms with E-state index in [-0.39, 0.29) is 11.9 Å². The minimum Gasteiger partial charge on any atom is -0.271 e. The molecule has 3 N–H and O–H groups in total. The number of nitrogens with two attached hydrogens (primary N) is 1. The van der Waals surface area contributed by atoms with Gasteiger partial charge in [0.1, 0.15) is 5.82 Å². The smallest absolute Gasteiger partial charge is 0.123 e. The number of hydrogen-bond acceptors (Lipinski definition) is 2. The first-order valence-corrected chi connectivity index (χ1v) is 6.48. The second-order valence-electron chi connectivity index (χ2n) is 5.08. The SMILES string of the molecule is NNC(Cc1cccc(F)c1)CC1CCCC1. The van der Waals surface area contributed by atoms with E-state index in [1.165, 1.54) is 31.7 Å². The van der Waals surface area contributed by atoms with Crippen molar-refractivity contribution in [2.45, 2.75) is 44.6 Å². The number of nitrogens with one attached hydrogen (secondary N) is 1. The summed E-state index contributed by atoms with van der Waals surface area (Å²) < 4.78 is 13.1. The Morgan fingerprint density at radius 2 is 2.12 bits per heavy atom. The minimum atomic E-state index is -0.167. The molecule has 3 heteroatoms. The topological polar surface area (TPSA) is 38.0 Å². The van der Waals surface area contributed by atoms with Crippen LogP contribution in [0, 0.1) is 11.7 Å². The van der Waals surface area contributed by atoms with Crippen molar-refractivity contribution in [1.29, 1.82) is 0 Å². The molecule has 1 aliphatic carbocycles. The molecule has 0 amide bonds. The van der Waals surface area contributed by atoms with Crippen molar-refractivity contribution in [1.82, 2.24) is 5.43 Å². The van der Waals surface area contributed by atoms with Gasteiger partial charge in [-0.1, -0.05) is 37.8 Å². The van der Waals surface area contributed by atoms with Gasteiger partial charge in [0.2, 0.25) is 0 Å². The molecule has 0 spiro atoms. The molecule has 1 unspecified atom stereocenters. The average Bonchev–Trinajstić information content (AvgIpc) is 2.81. The molecule has 0 radical (unpaired) electrons. The summed E-state index contributed by atoms with van der Waals surface area (Å²) in [6.07, 6.45) is 7.25. The van der Waals surface area contributed by atoms with Gasteiger partial charge in [-0.2, -0.15) is 0 Å². The molecule has 1 fully saturated rings. The lowest BCUT2D eigenvalue weighted by molar-refractivity contribution is 0.389. The fourth-order valence-electron chi connectivity index (χ4n) is 2.81. The Labute approximate surface area is 102 Å². The molecule has 1 atom stereocenters. The first-order chi connectivity index (χ1) is 8.28. The molecule has 0 aliphatic heterocycles. The van der Waals surface area contributed by atoms with Gasteiger partial charge < -0.3 is 0 Å². The summed E-state index contributed by atoms with van der Waals surface area (Å²) in [6, 6.07) is 7.06. The monoisotopic (exact) mass is 236 g/mol. The average molecular weight is 236 g/mol. The third-order valence-electron chi connectivity index (χ3n) is 3.70. The molecular formula is C14H21FN2. The van der Waals surface area contributed by atoms with Crippen molar-refractivity contribution in [2.24, 2.45) is 11.8 Å². The largest absolute Gasteiger partial charge is 0.271 e. The Bertz CT molecular complexity index is 348. The van der Waals surface area contributed by atoms with E-state index in [0.29, 0.717) is 0 Å². The van der Waals surface area contributed by atoms with Crippen LogP contribution in [0.2, 0.25) is 0 Å². The molecule has 0 aromatic heterocycles. The van der Waals surface area contributed by atoms with Crippen LogP contribution >= 0.6 is 0 Å². The molecule has 0 saturated heterocycles. The van der Waals surface area contributed by atoms with Crippen LogP contribution in [0.4, 0.5) is 4.39 Å². The van der Waals surface area contributed by atoms with Crippen LogP contribution < -0.4 is 11.3 Å². The van der Waals surface area contributed by atoms with Gasteiger partial charge in [-0.05, 0) is 36.5 Å². The predicted octanol–water partition coefficient (Wildman–Crippen LogP) is 2.78. The van der Waals surface area contributed by atoms with Gasteiger partial charge in [-0.15, -0.1) is 0 Å². The lowest BCUT2D eigenvalue weighted by atomic mass is 9.94. The highest BCUT2D eigenvalue weighted by Gasteiger charge is 2.19. The highest BCUT2D eigenvalue weighted by atomic mass is 19.1. The van der Waals surface area contributed by atoms with Gasteiger partial charge in [0, 0.05) is 6.04 Å². The van der Waals surface area contributed by atoms with Crippen LogP contribution in [-0.2, 0) is 6.42 Å². The lowest BCUT2D eigenvalue weighted by Gasteiger charge is -2.19. The van der Waals surface area contributed by atoms with E-state index in [1.54, 1.807) is 12.1 Å². The van der Waals surface area contributed by atoms with Crippen LogP contribution in [-0.4, -0.2) is 6.04 Å². The fraction of sp³-hybridized carbons (Fsp3) is 0.571. The third kappa shape index (κ3) is 3.79. The molecule has 2 nitrogen and oxygen atoms in total. The van der Waals surface area contributed by atoms with Crippen molar-refractivity contribution >= 4 is 0 Å². The summed E-state index contributed by atoms with van der Waals surface area (Å²) in [4.78, 5) is 0. The van der Waals surface area contributed by atoms with Gasteiger partial charge in [0.05, 0.1) is 0 Å². The molecule has 1 aliphatic rings. The number of hydrazine groups is 1. The van der Waals surface area contributed by atoms with Crippen molar-refractivity contribution in [3.8, 4) is 0 Å². The summed E-state index contributed by atoms with van der Waals surface area (Å²) in [7, 11) is 0. The standard InChI is InChI=1S/C14H21FN2/c15-13-7-3-6-12(8-13)10-14(17-16)9-11-4-1-2-5-11/h3,6-8,11,14,17H,1-2,4-5,9-10,16H2. The highest BCUT2D eigenvalue weighted by Crippen LogP contribution is 2.29. The van der Waals surface area contributed by atoms with E-state index in [0.717, 1.165) is 24.3 Å². The van der Waals surface area contributed by atoms with Crippen molar-refractivity contribution < 1.29 is 4.39 Å². The van der Waals surface area contributed by atoms with Gasteiger partial charge in [-0.3, -0.25) is 11.3 Å². The normalized spacial score (nSPS) is 18.5. The van der Waals surface area contributed by atoms with Gasteiger partial charge in [0.15, 0.2) is 0 Å². The summed E-state index contributed by atoms with van der Waals surface area (Å²) in [5.41, 5.74) is 3.89. The molecule has 1 saturated carbocycles. The molecule has 94 valence electrons. The summed E-state index contributed by atoms with van der Waals surface area (Å²) >= 11 is 0. The van der Waals surface area contributed by atoms with E-state index in [2.05, 4.69) is 5.43 Å². The second-order valence-corrected chi connectivity index (χ2v) is 5.08. The second kappa shape index (κ2) is 6.12. The Balaban J connectivity index is 1.90. The predicted molar refractivity (Wildman–Crippen MR) is 67.8 cm³/mol.